The Kier molecular flexibility index (Phi) is 28.2. The smallest absolute Gasteiger partial charge is 0.303 e. The number of hydrogen-bond donors (Lipinski definition) is 12. The van der Waals surface area contributed by atoms with Crippen molar-refractivity contribution >= 4 is 133 Å². The van der Waals surface area contributed by atoms with Gasteiger partial charge in [-0.05, 0) is 105 Å². The van der Waals surface area contributed by atoms with E-state index in [1.165, 1.54) is 114 Å². The quantitative estimate of drug-likeness (QED) is 0.127. The molecule has 4 fully saturated rings. The number of phenolic OH excluding ortho intramolecular Hbond substituents is 2. The van der Waals surface area contributed by atoms with Gasteiger partial charge in [0.15, 0.2) is 17.3 Å². The maximum absolute atomic E-state index is 15.9. The van der Waals surface area contributed by atoms with Crippen molar-refractivity contribution in [2.75, 3.05) is 47.6 Å². The average Bonchev–Trinajstić information content (AvgIpc) is 4.01. The van der Waals surface area contributed by atoms with E-state index in [2.05, 4.69) is 37.2 Å². The topological polar surface area (TPSA) is 365 Å². The van der Waals surface area contributed by atoms with Gasteiger partial charge in [0.1, 0.15) is 29.4 Å². The van der Waals surface area contributed by atoms with Gasteiger partial charge in [0.2, 0.25) is 29.5 Å². The Morgan fingerprint density at radius 1 is 0.750 bits per heavy atom. The van der Waals surface area contributed by atoms with Gasteiger partial charge < -0.3 is 57.6 Å². The van der Waals surface area contributed by atoms with Crippen LogP contribution < -0.4 is 43.0 Å². The summed E-state index contributed by atoms with van der Waals surface area (Å²) in [7, 11) is 9.15. The van der Waals surface area contributed by atoms with Gasteiger partial charge in [-0.1, -0.05) is 89.0 Å². The predicted molar refractivity (Wildman–Crippen MR) is 332 cm³/mol. The van der Waals surface area contributed by atoms with Gasteiger partial charge >= 0.3 is 5.97 Å². The monoisotopic (exact) mass is 1300 g/mol. The molecule has 84 heavy (non-hydrogen) atoms. The van der Waals surface area contributed by atoms with E-state index >= 15 is 9.59 Å². The fourth-order valence-corrected chi connectivity index (χ4v) is 19.1. The Morgan fingerprint density at radius 2 is 1.42 bits per heavy atom. The van der Waals surface area contributed by atoms with Crippen molar-refractivity contribution in [3.05, 3.63) is 59.7 Å². The largest absolute Gasteiger partial charge is 0.508 e. The Hall–Kier alpha value is -4.21. The van der Waals surface area contributed by atoms with Gasteiger partial charge in [-0.2, -0.15) is 0 Å². The van der Waals surface area contributed by atoms with Gasteiger partial charge in [0.05, 0.1) is 61.4 Å². The predicted octanol–water partition coefficient (Wildman–Crippen LogP) is 1.54. The average molecular weight is 1300 g/mol. The first-order valence-electron chi connectivity index (χ1n) is 27.6. The van der Waals surface area contributed by atoms with E-state index in [1.807, 2.05) is 0 Å². The minimum atomic E-state index is -1.49. The highest BCUT2D eigenvalue weighted by molar-refractivity contribution is 9.09. The van der Waals surface area contributed by atoms with Crippen LogP contribution in [0.3, 0.4) is 0 Å². The number of fused-ring (bicyclic) bond motifs is 12. The van der Waals surface area contributed by atoms with Crippen LogP contribution in [0.15, 0.2) is 48.5 Å². The van der Waals surface area contributed by atoms with Gasteiger partial charge in [-0.15, -0.1) is 0 Å². The summed E-state index contributed by atoms with van der Waals surface area (Å²) in [5.41, 5.74) is 7.09. The highest BCUT2D eigenvalue weighted by Crippen LogP contribution is 2.38. The Labute approximate surface area is 515 Å². The van der Waals surface area contributed by atoms with E-state index in [4.69, 9.17) is 5.73 Å². The third-order valence-corrected chi connectivity index (χ3v) is 23.9. The fraction of sp³-hybridized carbons (Fsp3) is 0.593. The molecular formula is C54H75N9O14S7. The van der Waals surface area contributed by atoms with Crippen LogP contribution >= 0.6 is 74.6 Å². The number of amides is 5. The number of aromatic hydroxyl groups is 2. The molecule has 3 bridgehead atoms. The van der Waals surface area contributed by atoms with E-state index in [0.29, 0.717) is 35.5 Å². The molecule has 30 heteroatoms. The van der Waals surface area contributed by atoms with E-state index < -0.39 is 151 Å². The molecule has 5 unspecified atom stereocenters. The molecule has 4 heterocycles. The van der Waals surface area contributed by atoms with E-state index in [9.17, 15) is 58.8 Å². The van der Waals surface area contributed by atoms with Gasteiger partial charge in [-0.3, -0.25) is 58.6 Å². The van der Waals surface area contributed by atoms with Crippen molar-refractivity contribution in [3.63, 3.8) is 0 Å². The van der Waals surface area contributed by atoms with Crippen LogP contribution in [0, 0.1) is 5.92 Å². The molecule has 0 radical (unpaired) electrons. The van der Waals surface area contributed by atoms with Crippen LogP contribution in [0.4, 0.5) is 0 Å². The maximum atomic E-state index is 15.9. The third kappa shape index (κ3) is 21.3. The van der Waals surface area contributed by atoms with Crippen molar-refractivity contribution in [1.29, 1.82) is 0 Å². The Morgan fingerprint density at radius 3 is 2.08 bits per heavy atom. The lowest BCUT2D eigenvalue weighted by atomic mass is 9.89. The van der Waals surface area contributed by atoms with Crippen molar-refractivity contribution < 1.29 is 68.4 Å². The molecule has 4 aliphatic rings. The lowest BCUT2D eigenvalue weighted by molar-refractivity contribution is -0.142. The zero-order valence-electron chi connectivity index (χ0n) is 46.7. The molecule has 5 amide bonds. The number of hydrogen-bond acceptors (Lipinski definition) is 24. The molecule has 462 valence electrons. The number of aliphatic carboxylic acids is 1. The number of Topliss-reactive ketones (excluding diaryl/α,β-unsaturated/α-hetero) is 4. The zero-order valence-corrected chi connectivity index (χ0v) is 52.4. The van der Waals surface area contributed by atoms with Crippen molar-refractivity contribution in [2.24, 2.45) is 11.7 Å². The number of aliphatic hydroxyl groups is 1. The van der Waals surface area contributed by atoms with Gasteiger partial charge in [-0.25, -0.2) is 0 Å². The highest BCUT2D eigenvalue weighted by atomic mass is 33.5. The molecule has 0 aromatic heterocycles. The molecule has 4 saturated heterocycles. The number of nitrogens with one attached hydrogen (secondary N) is 7. The molecule has 0 saturated carbocycles. The molecule has 13 atom stereocenters. The van der Waals surface area contributed by atoms with Crippen LogP contribution in [-0.2, 0) is 60.8 Å². The standard InChI is InChI=1S/C54H75N9O14S7/c1-28-49(72)43-27-82-79-23-33-16-18-78-84-83-25-41(60-40(21-46(55)69)54(77)63-17-4-5-44(63)52(75)57-28)36(50(73)39(20-32-8-12-35(67)13-9-32)62-51(74)37(58-33)14-15-47(70)71)24-80-81-26-42(45(68)22-56-53(76)48(61-43)30(3)65)59-38(29(2)64)19-31-6-10-34(66)11-7-31/h6-13,28,30,33,36-44,48,58-61,65-67H,4-5,14-27H2,1-3H3,(H2,55,69)(H,56,76)(H,57,75)(H,62,74)(H,70,71)/t28-,30+,33?,36?,37-,38-,39-,40-,41?,42?,43?,44-,48-/m0/s1. The summed E-state index contributed by atoms with van der Waals surface area (Å²) in [6.45, 7) is 3.63. The SMILES string of the molecule is CC(=O)[C@H](Cc1ccc(O)cc1)NC1CSSCC2C(=O)[C@H](Cc3ccc(O)cc3)NC(=O)[C@H](CCC(=O)O)NC3CCSSSCC2N[C@@H](CC(N)=O)C(=O)N2CCC[C@H]2C(=O)N[C@@H](C)C(=O)C(CSSC3)N[C@@H]([C@@H](C)O)C(=O)NCC1=O. The summed E-state index contributed by atoms with van der Waals surface area (Å²) in [4.78, 5) is 144. The van der Waals surface area contributed by atoms with Crippen molar-refractivity contribution in [3.8, 4) is 11.5 Å². The van der Waals surface area contributed by atoms with Crippen LogP contribution in [0.25, 0.3) is 0 Å². The number of nitrogens with two attached hydrogens (primary N) is 1. The second-order valence-corrected chi connectivity index (χ2v) is 30.6. The molecule has 6 rings (SSSR count). The maximum Gasteiger partial charge on any atom is 0.303 e. The molecule has 2 aromatic carbocycles. The second kappa shape index (κ2) is 34.4. The number of benzene rings is 2. The number of carbonyl (C=O) groups is 10. The first-order chi connectivity index (χ1) is 40.1. The van der Waals surface area contributed by atoms with E-state index in [-0.39, 0.29) is 72.5 Å². The Bertz CT molecular complexity index is 2630. The summed E-state index contributed by atoms with van der Waals surface area (Å²) in [6.07, 6.45) is -1.58. The van der Waals surface area contributed by atoms with Crippen LogP contribution in [0.2, 0.25) is 0 Å². The molecular weight excluding hydrogens is 1220 g/mol. The number of carboxylic acids is 1. The summed E-state index contributed by atoms with van der Waals surface area (Å²) < 4.78 is 0. The number of ketones is 4. The number of aliphatic hydroxyl groups excluding tert-OH is 1. The molecule has 4 aliphatic heterocycles. The van der Waals surface area contributed by atoms with Crippen LogP contribution in [-0.4, -0.2) is 204 Å². The third-order valence-electron chi connectivity index (χ3n) is 14.7. The minimum Gasteiger partial charge on any atom is -0.508 e. The lowest BCUT2D eigenvalue weighted by Gasteiger charge is -2.35. The first-order valence-corrected chi connectivity index (χ1v) is 36.4. The van der Waals surface area contributed by atoms with Gasteiger partial charge in [0.25, 0.3) is 0 Å². The lowest BCUT2D eigenvalue weighted by Crippen LogP contribution is -2.61. The number of primary amides is 1. The van der Waals surface area contributed by atoms with Crippen LogP contribution in [0.1, 0.15) is 70.4 Å². The zero-order chi connectivity index (χ0) is 61.0. The Balaban J connectivity index is 1.54. The molecule has 0 spiro atoms. The van der Waals surface area contributed by atoms with Crippen molar-refractivity contribution in [2.45, 2.75) is 145 Å². The fourth-order valence-electron chi connectivity index (χ4n) is 10.00. The molecule has 23 nitrogen and oxygen atoms in total. The minimum absolute atomic E-state index is 0.00484. The molecule has 2 aromatic rings. The highest BCUT2D eigenvalue weighted by Gasteiger charge is 2.43. The molecule has 0 aliphatic carbocycles. The summed E-state index contributed by atoms with van der Waals surface area (Å²) in [5.74, 6) is -7.35. The first kappa shape index (κ1) is 68.9. The summed E-state index contributed by atoms with van der Waals surface area (Å²) in [6, 6.07) is -0.280. The number of rotatable bonds is 13. The molecule has 13 N–H and O–H groups in total. The normalized spacial score (nSPS) is 29.0. The van der Waals surface area contributed by atoms with Crippen molar-refractivity contribution in [1.82, 2.24) is 42.1 Å². The number of phenols is 2. The van der Waals surface area contributed by atoms with Crippen LogP contribution in [0.5, 0.6) is 11.5 Å². The summed E-state index contributed by atoms with van der Waals surface area (Å²) in [5, 5.41) is 62.7. The number of carbonyl (C=O) groups excluding carboxylic acids is 9. The van der Waals surface area contributed by atoms with Gasteiger partial charge in [0, 0.05) is 65.5 Å². The second-order valence-electron chi connectivity index (χ2n) is 21.1. The number of nitrogens with zero attached hydrogens (tertiary/aromatic N) is 1. The van der Waals surface area contributed by atoms with E-state index in [1.54, 1.807) is 24.3 Å². The van der Waals surface area contributed by atoms with E-state index in [0.717, 1.165) is 10.8 Å². The summed E-state index contributed by atoms with van der Waals surface area (Å²) >= 11 is 0. The number of carboxylic acid groups (broad SMARTS) is 1.